The van der Waals surface area contributed by atoms with Crippen molar-refractivity contribution in [2.75, 3.05) is 6.61 Å². The first kappa shape index (κ1) is 14.3. The van der Waals surface area contributed by atoms with Crippen molar-refractivity contribution in [3.63, 3.8) is 0 Å². The van der Waals surface area contributed by atoms with Crippen LogP contribution >= 0.6 is 34.8 Å². The van der Waals surface area contributed by atoms with Gasteiger partial charge in [0.1, 0.15) is 0 Å². The van der Waals surface area contributed by atoms with Gasteiger partial charge >= 0.3 is 5.97 Å². The largest absolute Gasteiger partial charge is 0.433 e. The van der Waals surface area contributed by atoms with E-state index in [4.69, 9.17) is 44.3 Å². The second-order valence-electron chi connectivity index (χ2n) is 3.20. The molecule has 0 saturated heterocycles. The van der Waals surface area contributed by atoms with E-state index >= 15 is 0 Å². The Bertz CT molecular complexity index is 189. The molecule has 0 rings (SSSR count). The highest BCUT2D eigenvalue weighted by Crippen LogP contribution is 2.27. The first-order valence-electron chi connectivity index (χ1n) is 4.13. The van der Waals surface area contributed by atoms with Crippen molar-refractivity contribution in [3.05, 3.63) is 0 Å². The summed E-state index contributed by atoms with van der Waals surface area (Å²) in [6.07, 6.45) is -0.708. The molecule has 1 atom stereocenters. The fourth-order valence-electron chi connectivity index (χ4n) is 0.580. The number of alkyl halides is 3. The Kier molecular flexibility index (Phi) is 6.14. The van der Waals surface area contributed by atoms with E-state index in [9.17, 15) is 4.79 Å². The number of hydrogen-bond acceptors (Lipinski definition) is 3. The van der Waals surface area contributed by atoms with Crippen molar-refractivity contribution in [1.29, 1.82) is 0 Å². The van der Waals surface area contributed by atoms with Crippen LogP contribution in [0.3, 0.4) is 0 Å². The molecule has 14 heavy (non-hydrogen) atoms. The zero-order valence-corrected chi connectivity index (χ0v) is 10.5. The Morgan fingerprint density at radius 1 is 1.29 bits per heavy atom. The minimum absolute atomic E-state index is 0.351. The molecule has 3 nitrogen and oxygen atoms in total. The van der Waals surface area contributed by atoms with Crippen molar-refractivity contribution in [1.82, 2.24) is 0 Å². The number of carbonyl (C=O) groups is 1. The van der Waals surface area contributed by atoms with Crippen LogP contribution in [0.4, 0.5) is 0 Å². The average molecular weight is 264 g/mol. The van der Waals surface area contributed by atoms with Gasteiger partial charge in [0.05, 0.1) is 6.61 Å². The third-order valence-electron chi connectivity index (χ3n) is 1.17. The van der Waals surface area contributed by atoms with E-state index in [0.717, 1.165) is 0 Å². The predicted molar refractivity (Wildman–Crippen MR) is 56.6 cm³/mol. The minimum atomic E-state index is -2.05. The predicted octanol–water partition coefficient (Wildman–Crippen LogP) is 2.92. The zero-order chi connectivity index (χ0) is 11.4. The highest BCUT2D eigenvalue weighted by atomic mass is 35.6. The van der Waals surface area contributed by atoms with E-state index in [1.807, 2.05) is 13.8 Å². The van der Waals surface area contributed by atoms with E-state index in [1.165, 1.54) is 0 Å². The molecule has 1 unspecified atom stereocenters. The summed E-state index contributed by atoms with van der Waals surface area (Å²) in [4.78, 5) is 11.0. The maximum atomic E-state index is 11.0. The number of hydrogen-bond donors (Lipinski definition) is 0. The highest BCUT2D eigenvalue weighted by molar-refractivity contribution is 6.75. The second kappa shape index (κ2) is 6.01. The fraction of sp³-hybridized carbons (Fsp3) is 0.875. The van der Waals surface area contributed by atoms with E-state index < -0.39 is 16.1 Å². The lowest BCUT2D eigenvalue weighted by Crippen LogP contribution is -2.28. The van der Waals surface area contributed by atoms with Crippen LogP contribution in [0.2, 0.25) is 0 Å². The normalized spacial score (nSPS) is 14.2. The van der Waals surface area contributed by atoms with Gasteiger partial charge in [0.25, 0.3) is 3.79 Å². The van der Waals surface area contributed by atoms with Gasteiger partial charge < -0.3 is 9.47 Å². The standard InChI is InChI=1S/C8H13Cl3O3/c1-5(2)4-13-6(3)14-7(12)8(9,10)11/h5-6H,4H2,1-3H3. The Morgan fingerprint density at radius 2 is 1.79 bits per heavy atom. The summed E-state index contributed by atoms with van der Waals surface area (Å²) in [5.41, 5.74) is 0. The smallest absolute Gasteiger partial charge is 0.360 e. The summed E-state index contributed by atoms with van der Waals surface area (Å²) in [6.45, 7) is 6.00. The molecule has 6 heteroatoms. The summed E-state index contributed by atoms with van der Waals surface area (Å²) in [5.74, 6) is -0.581. The first-order chi connectivity index (χ1) is 6.23. The van der Waals surface area contributed by atoms with Crippen LogP contribution in [-0.2, 0) is 14.3 Å². The van der Waals surface area contributed by atoms with Gasteiger partial charge in [-0.15, -0.1) is 0 Å². The molecule has 0 aliphatic carbocycles. The van der Waals surface area contributed by atoms with Crippen LogP contribution < -0.4 is 0 Å². The van der Waals surface area contributed by atoms with Crippen LogP contribution in [0.5, 0.6) is 0 Å². The third kappa shape index (κ3) is 6.71. The van der Waals surface area contributed by atoms with Gasteiger partial charge in [-0.25, -0.2) is 4.79 Å². The van der Waals surface area contributed by atoms with E-state index in [0.29, 0.717) is 12.5 Å². The van der Waals surface area contributed by atoms with Gasteiger partial charge in [0.15, 0.2) is 6.29 Å². The van der Waals surface area contributed by atoms with Gasteiger partial charge in [-0.1, -0.05) is 48.7 Å². The van der Waals surface area contributed by atoms with Gasteiger partial charge in [0, 0.05) is 0 Å². The average Bonchev–Trinajstić information content (AvgIpc) is 1.99. The van der Waals surface area contributed by atoms with Crippen molar-refractivity contribution >= 4 is 40.8 Å². The molecule has 0 heterocycles. The summed E-state index contributed by atoms with van der Waals surface area (Å²) >= 11 is 15.9. The summed E-state index contributed by atoms with van der Waals surface area (Å²) < 4.78 is 7.81. The molecule has 0 aromatic rings. The molecular formula is C8H13Cl3O3. The van der Waals surface area contributed by atoms with Crippen LogP contribution in [0.25, 0.3) is 0 Å². The maximum absolute atomic E-state index is 11.0. The van der Waals surface area contributed by atoms with Crippen LogP contribution in [0.15, 0.2) is 0 Å². The Morgan fingerprint density at radius 3 is 2.14 bits per heavy atom. The number of esters is 1. The van der Waals surface area contributed by atoms with E-state index in [1.54, 1.807) is 6.92 Å². The molecule has 0 fully saturated rings. The van der Waals surface area contributed by atoms with Crippen LogP contribution in [0, 0.1) is 5.92 Å². The molecule has 0 radical (unpaired) electrons. The molecule has 0 aromatic carbocycles. The lowest BCUT2D eigenvalue weighted by Gasteiger charge is -2.17. The van der Waals surface area contributed by atoms with Gasteiger partial charge in [-0.05, 0) is 12.8 Å². The molecule has 0 saturated carbocycles. The third-order valence-corrected chi connectivity index (χ3v) is 1.63. The van der Waals surface area contributed by atoms with Crippen molar-refractivity contribution in [2.24, 2.45) is 5.92 Å². The Balaban J connectivity index is 3.83. The monoisotopic (exact) mass is 262 g/mol. The Labute approximate surface area is 98.6 Å². The zero-order valence-electron chi connectivity index (χ0n) is 8.22. The first-order valence-corrected chi connectivity index (χ1v) is 5.26. The van der Waals surface area contributed by atoms with Gasteiger partial charge in [-0.2, -0.15) is 0 Å². The SMILES string of the molecule is CC(C)COC(C)OC(=O)C(Cl)(Cl)Cl. The highest BCUT2D eigenvalue weighted by Gasteiger charge is 2.34. The number of halogens is 3. The van der Waals surface area contributed by atoms with Gasteiger partial charge in [-0.3, -0.25) is 0 Å². The molecule has 0 aromatic heterocycles. The second-order valence-corrected chi connectivity index (χ2v) is 5.48. The fourth-order valence-corrected chi connectivity index (χ4v) is 0.713. The molecule has 0 amide bonds. The van der Waals surface area contributed by atoms with Crippen molar-refractivity contribution < 1.29 is 14.3 Å². The molecule has 84 valence electrons. The molecule has 0 aliphatic rings. The lowest BCUT2D eigenvalue weighted by atomic mass is 10.2. The van der Waals surface area contributed by atoms with Gasteiger partial charge in [0.2, 0.25) is 0 Å². The Hall–Kier alpha value is 0.300. The van der Waals surface area contributed by atoms with Crippen LogP contribution in [0.1, 0.15) is 20.8 Å². The topological polar surface area (TPSA) is 35.5 Å². The molecule has 0 bridgehead atoms. The van der Waals surface area contributed by atoms with E-state index in [2.05, 4.69) is 0 Å². The van der Waals surface area contributed by atoms with Crippen molar-refractivity contribution in [3.8, 4) is 0 Å². The molecular weight excluding hydrogens is 250 g/mol. The summed E-state index contributed by atoms with van der Waals surface area (Å²) in [5, 5.41) is 0. The number of carbonyl (C=O) groups excluding carboxylic acids is 1. The molecule has 0 N–H and O–H groups in total. The quantitative estimate of drug-likeness (QED) is 0.444. The minimum Gasteiger partial charge on any atom is -0.433 e. The number of rotatable bonds is 4. The summed E-state index contributed by atoms with van der Waals surface area (Å²) in [6, 6.07) is 0. The molecule has 0 aliphatic heterocycles. The molecule has 0 spiro atoms. The van der Waals surface area contributed by atoms with Crippen molar-refractivity contribution in [2.45, 2.75) is 30.9 Å². The maximum Gasteiger partial charge on any atom is 0.360 e. The van der Waals surface area contributed by atoms with Crippen LogP contribution in [-0.4, -0.2) is 22.7 Å². The number of ether oxygens (including phenoxy) is 2. The lowest BCUT2D eigenvalue weighted by molar-refractivity contribution is -0.175. The summed E-state index contributed by atoms with van der Waals surface area (Å²) in [7, 11) is 0. The van der Waals surface area contributed by atoms with E-state index in [-0.39, 0.29) is 0 Å².